The highest BCUT2D eigenvalue weighted by atomic mass is 35.6. The second-order valence-corrected chi connectivity index (χ2v) is 5.08. The molecule has 0 aliphatic rings. The first kappa shape index (κ1) is 10.2. The predicted octanol–water partition coefficient (Wildman–Crippen LogP) is 2.43. The van der Waals surface area contributed by atoms with E-state index in [9.17, 15) is 0 Å². The summed E-state index contributed by atoms with van der Waals surface area (Å²) in [5.74, 6) is 0.731. The van der Waals surface area contributed by atoms with E-state index in [2.05, 4.69) is 0 Å². The zero-order valence-corrected chi connectivity index (χ0v) is 7.86. The quantitative estimate of drug-likeness (QED) is 0.557. The van der Waals surface area contributed by atoms with Gasteiger partial charge in [0.05, 0.1) is 0 Å². The molecule has 56 valence electrons. The molecule has 9 heavy (non-hydrogen) atoms. The van der Waals surface area contributed by atoms with Crippen molar-refractivity contribution in [1.29, 1.82) is 0 Å². The molecule has 0 aliphatic carbocycles. The smallest absolute Gasteiger partial charge is 0.225 e. The van der Waals surface area contributed by atoms with Crippen molar-refractivity contribution >= 4 is 46.6 Å². The minimum atomic E-state index is -1.55. The number of thioether (sulfide) groups is 1. The first-order valence-electron chi connectivity index (χ1n) is 2.35. The van der Waals surface area contributed by atoms with Crippen molar-refractivity contribution in [2.24, 2.45) is 0 Å². The summed E-state index contributed by atoms with van der Waals surface area (Å²) in [6, 6.07) is 0. The molecule has 0 aromatic heterocycles. The van der Waals surface area contributed by atoms with Crippen molar-refractivity contribution < 1.29 is 5.11 Å². The van der Waals surface area contributed by atoms with Crippen LogP contribution in [-0.2, 0) is 0 Å². The molecule has 0 fully saturated rings. The molecule has 0 saturated heterocycles. The minimum Gasteiger partial charge on any atom is -0.378 e. The number of alkyl halides is 3. The third-order valence-electron chi connectivity index (χ3n) is 0.605. The van der Waals surface area contributed by atoms with Gasteiger partial charge in [0.1, 0.15) is 5.44 Å². The Labute approximate surface area is 73.7 Å². The predicted molar refractivity (Wildman–Crippen MR) is 44.4 cm³/mol. The van der Waals surface area contributed by atoms with Crippen LogP contribution in [0.15, 0.2) is 0 Å². The molecule has 1 nitrogen and oxygen atoms in total. The van der Waals surface area contributed by atoms with Crippen LogP contribution in [0.3, 0.4) is 0 Å². The Morgan fingerprint density at radius 2 is 2.00 bits per heavy atom. The number of hydrogen-bond donors (Lipinski definition) is 1. The van der Waals surface area contributed by atoms with Crippen LogP contribution in [0.2, 0.25) is 0 Å². The van der Waals surface area contributed by atoms with Gasteiger partial charge in [0.15, 0.2) is 0 Å². The summed E-state index contributed by atoms with van der Waals surface area (Å²) in [6.45, 7) is 1.88. The van der Waals surface area contributed by atoms with Gasteiger partial charge in [-0.1, -0.05) is 41.7 Å². The first-order valence-corrected chi connectivity index (χ1v) is 4.53. The Morgan fingerprint density at radius 1 is 1.56 bits per heavy atom. The Morgan fingerprint density at radius 3 is 2.11 bits per heavy atom. The lowest BCUT2D eigenvalue weighted by Gasteiger charge is -2.16. The van der Waals surface area contributed by atoms with Gasteiger partial charge >= 0.3 is 0 Å². The third-order valence-corrected chi connectivity index (χ3v) is 2.62. The molecule has 1 atom stereocenters. The van der Waals surface area contributed by atoms with Crippen LogP contribution in [0.5, 0.6) is 0 Å². The van der Waals surface area contributed by atoms with Gasteiger partial charge in [-0.3, -0.25) is 0 Å². The van der Waals surface area contributed by atoms with Crippen LogP contribution >= 0.6 is 46.6 Å². The van der Waals surface area contributed by atoms with Crippen molar-refractivity contribution in [3.63, 3.8) is 0 Å². The molecule has 0 radical (unpaired) electrons. The topological polar surface area (TPSA) is 20.2 Å². The lowest BCUT2D eigenvalue weighted by Crippen LogP contribution is -2.21. The highest BCUT2D eigenvalue weighted by Crippen LogP contribution is 2.35. The van der Waals surface area contributed by atoms with Crippen molar-refractivity contribution in [3.05, 3.63) is 0 Å². The van der Waals surface area contributed by atoms with Gasteiger partial charge in [-0.15, -0.1) is 11.8 Å². The van der Waals surface area contributed by atoms with Gasteiger partial charge in [0, 0.05) is 0 Å². The number of aliphatic hydroxyl groups is 1. The first-order chi connectivity index (χ1) is 3.98. The summed E-state index contributed by atoms with van der Waals surface area (Å²) >= 11 is 17.2. The average Bonchev–Trinajstić information content (AvgIpc) is 1.64. The molecule has 0 rings (SSSR count). The van der Waals surface area contributed by atoms with Crippen molar-refractivity contribution in [2.45, 2.75) is 16.2 Å². The maximum Gasteiger partial charge on any atom is 0.225 e. The van der Waals surface area contributed by atoms with Crippen LogP contribution in [0.25, 0.3) is 0 Å². The SMILES string of the molecule is CCSC(O)C(Cl)(Cl)Cl. The second kappa shape index (κ2) is 4.14. The molecule has 1 unspecified atom stereocenters. The van der Waals surface area contributed by atoms with E-state index in [1.165, 1.54) is 11.8 Å². The van der Waals surface area contributed by atoms with E-state index in [4.69, 9.17) is 39.9 Å². The van der Waals surface area contributed by atoms with Crippen LogP contribution in [-0.4, -0.2) is 20.1 Å². The van der Waals surface area contributed by atoms with Crippen molar-refractivity contribution in [2.75, 3.05) is 5.75 Å². The molecule has 0 heterocycles. The molecule has 0 aromatic rings. The highest BCUT2D eigenvalue weighted by Gasteiger charge is 2.30. The van der Waals surface area contributed by atoms with Gasteiger partial charge in [0.2, 0.25) is 3.79 Å². The van der Waals surface area contributed by atoms with Gasteiger partial charge in [-0.25, -0.2) is 0 Å². The van der Waals surface area contributed by atoms with Gasteiger partial charge < -0.3 is 5.11 Å². The molecule has 0 bridgehead atoms. The summed E-state index contributed by atoms with van der Waals surface area (Å²) in [6.07, 6.45) is 0. The fraction of sp³-hybridized carbons (Fsp3) is 1.00. The zero-order chi connectivity index (χ0) is 7.49. The van der Waals surface area contributed by atoms with Crippen LogP contribution in [0.4, 0.5) is 0 Å². The molecular formula is C4H7Cl3OS. The van der Waals surface area contributed by atoms with E-state index >= 15 is 0 Å². The van der Waals surface area contributed by atoms with Crippen LogP contribution in [0.1, 0.15) is 6.92 Å². The maximum absolute atomic E-state index is 8.95. The molecule has 0 saturated carbocycles. The summed E-state index contributed by atoms with van der Waals surface area (Å²) in [4.78, 5) is 0. The monoisotopic (exact) mass is 208 g/mol. The van der Waals surface area contributed by atoms with Crippen molar-refractivity contribution in [3.8, 4) is 0 Å². The Kier molecular flexibility index (Phi) is 4.68. The van der Waals surface area contributed by atoms with E-state index in [-0.39, 0.29) is 0 Å². The van der Waals surface area contributed by atoms with E-state index in [0.29, 0.717) is 0 Å². The second-order valence-electron chi connectivity index (χ2n) is 1.35. The van der Waals surface area contributed by atoms with E-state index in [0.717, 1.165) is 5.75 Å². The Balaban J connectivity index is 3.59. The number of halogens is 3. The third kappa shape index (κ3) is 4.57. The fourth-order valence-corrected chi connectivity index (χ4v) is 1.32. The van der Waals surface area contributed by atoms with Crippen molar-refractivity contribution in [1.82, 2.24) is 0 Å². The van der Waals surface area contributed by atoms with Gasteiger partial charge in [-0.05, 0) is 5.75 Å². The molecule has 1 N–H and O–H groups in total. The summed E-state index contributed by atoms with van der Waals surface area (Å²) < 4.78 is -1.55. The molecule has 0 aromatic carbocycles. The Hall–Kier alpha value is 1.18. The molecule has 0 spiro atoms. The highest BCUT2D eigenvalue weighted by molar-refractivity contribution is 7.99. The summed E-state index contributed by atoms with van der Waals surface area (Å²) in [5, 5.41) is 8.95. The van der Waals surface area contributed by atoms with Gasteiger partial charge in [0.25, 0.3) is 0 Å². The average molecular weight is 210 g/mol. The largest absolute Gasteiger partial charge is 0.378 e. The maximum atomic E-state index is 8.95. The summed E-state index contributed by atoms with van der Waals surface area (Å²) in [5.41, 5.74) is -0.924. The fourth-order valence-electron chi connectivity index (χ4n) is 0.252. The van der Waals surface area contributed by atoms with E-state index < -0.39 is 9.23 Å². The Bertz CT molecular complexity index is 82.4. The lowest BCUT2D eigenvalue weighted by molar-refractivity contribution is 0.268. The minimum absolute atomic E-state index is 0.731. The number of hydrogen-bond acceptors (Lipinski definition) is 2. The molecular weight excluding hydrogens is 202 g/mol. The van der Waals surface area contributed by atoms with E-state index in [1.54, 1.807) is 0 Å². The van der Waals surface area contributed by atoms with Crippen LogP contribution in [0, 0.1) is 0 Å². The molecule has 0 aliphatic heterocycles. The van der Waals surface area contributed by atoms with Crippen LogP contribution < -0.4 is 0 Å². The van der Waals surface area contributed by atoms with E-state index in [1.807, 2.05) is 6.92 Å². The standard InChI is InChI=1S/C4H7Cl3OS/c1-2-9-3(8)4(5,6)7/h3,8H,2H2,1H3. The zero-order valence-electron chi connectivity index (χ0n) is 4.77. The number of rotatable bonds is 2. The summed E-state index contributed by atoms with van der Waals surface area (Å²) in [7, 11) is 0. The lowest BCUT2D eigenvalue weighted by atomic mass is 10.8. The molecule has 0 amide bonds. The number of aliphatic hydroxyl groups excluding tert-OH is 1. The normalized spacial score (nSPS) is 15.7. The molecule has 5 heteroatoms. The van der Waals surface area contributed by atoms with Gasteiger partial charge in [-0.2, -0.15) is 0 Å².